The van der Waals surface area contributed by atoms with Crippen LogP contribution in [0.25, 0.3) is 0 Å². The Bertz CT molecular complexity index is 645. The van der Waals surface area contributed by atoms with E-state index in [9.17, 15) is 9.59 Å². The van der Waals surface area contributed by atoms with E-state index in [0.717, 1.165) is 24.0 Å². The molecule has 1 aromatic rings. The van der Waals surface area contributed by atoms with Gasteiger partial charge in [-0.2, -0.15) is 0 Å². The van der Waals surface area contributed by atoms with Crippen molar-refractivity contribution < 1.29 is 9.59 Å². The molecule has 5 nitrogen and oxygen atoms in total. The quantitative estimate of drug-likeness (QED) is 0.863. The standard InChI is InChI=1S/C19H25N3O2/c1-4-11-22-17(23)15(3)20-19(22)9-12-21(13-10-19)18(24)16-7-5-14(2)6-8-16/h4-8,15,20H,1,9-13H2,2-3H3. The lowest BCUT2D eigenvalue weighted by Gasteiger charge is -2.44. The van der Waals surface area contributed by atoms with Gasteiger partial charge in [0, 0.05) is 38.0 Å². The van der Waals surface area contributed by atoms with Crippen LogP contribution in [0.1, 0.15) is 35.7 Å². The lowest BCUT2D eigenvalue weighted by molar-refractivity contribution is -0.132. The zero-order valence-corrected chi connectivity index (χ0v) is 14.4. The highest BCUT2D eigenvalue weighted by Crippen LogP contribution is 2.32. The Morgan fingerprint density at radius 3 is 2.54 bits per heavy atom. The van der Waals surface area contributed by atoms with Gasteiger partial charge in [-0.3, -0.25) is 14.9 Å². The first-order chi connectivity index (χ1) is 11.5. The van der Waals surface area contributed by atoms with E-state index >= 15 is 0 Å². The van der Waals surface area contributed by atoms with Crippen molar-refractivity contribution in [3.63, 3.8) is 0 Å². The number of aryl methyl sites for hydroxylation is 1. The number of nitrogens with one attached hydrogen (secondary N) is 1. The van der Waals surface area contributed by atoms with E-state index in [1.165, 1.54) is 0 Å². The van der Waals surface area contributed by atoms with Gasteiger partial charge in [-0.05, 0) is 26.0 Å². The molecule has 24 heavy (non-hydrogen) atoms. The van der Waals surface area contributed by atoms with Crippen molar-refractivity contribution in [2.75, 3.05) is 19.6 Å². The maximum Gasteiger partial charge on any atom is 0.253 e. The predicted molar refractivity (Wildman–Crippen MR) is 93.6 cm³/mol. The third-order valence-electron chi connectivity index (χ3n) is 5.13. The smallest absolute Gasteiger partial charge is 0.253 e. The van der Waals surface area contributed by atoms with E-state index in [1.807, 2.05) is 47.9 Å². The summed E-state index contributed by atoms with van der Waals surface area (Å²) in [5.74, 6) is 0.186. The fourth-order valence-corrected chi connectivity index (χ4v) is 3.75. The van der Waals surface area contributed by atoms with Crippen LogP contribution in [-0.2, 0) is 4.79 Å². The molecule has 2 saturated heterocycles. The van der Waals surface area contributed by atoms with Gasteiger partial charge in [0.05, 0.1) is 11.7 Å². The van der Waals surface area contributed by atoms with E-state index in [2.05, 4.69) is 11.9 Å². The minimum Gasteiger partial charge on any atom is -0.338 e. The number of nitrogens with zero attached hydrogens (tertiary/aromatic N) is 2. The molecule has 1 unspecified atom stereocenters. The lowest BCUT2D eigenvalue weighted by Crippen LogP contribution is -2.59. The Morgan fingerprint density at radius 2 is 1.96 bits per heavy atom. The van der Waals surface area contributed by atoms with Crippen molar-refractivity contribution in [2.24, 2.45) is 0 Å². The number of piperidine rings is 1. The van der Waals surface area contributed by atoms with Gasteiger partial charge in [0.15, 0.2) is 0 Å². The zero-order chi connectivity index (χ0) is 17.3. The Labute approximate surface area is 143 Å². The lowest BCUT2D eigenvalue weighted by atomic mass is 9.95. The van der Waals surface area contributed by atoms with Gasteiger partial charge >= 0.3 is 0 Å². The summed E-state index contributed by atoms with van der Waals surface area (Å²) >= 11 is 0. The van der Waals surface area contributed by atoms with Crippen LogP contribution in [0, 0.1) is 6.92 Å². The molecule has 0 aromatic heterocycles. The number of likely N-dealkylation sites (tertiary alicyclic amines) is 1. The van der Waals surface area contributed by atoms with Crippen molar-refractivity contribution in [2.45, 2.75) is 38.4 Å². The third kappa shape index (κ3) is 2.84. The number of benzene rings is 1. The third-order valence-corrected chi connectivity index (χ3v) is 5.13. The molecule has 0 bridgehead atoms. The van der Waals surface area contributed by atoms with Gasteiger partial charge in [-0.25, -0.2) is 0 Å². The van der Waals surface area contributed by atoms with Gasteiger partial charge in [0.1, 0.15) is 0 Å². The summed E-state index contributed by atoms with van der Waals surface area (Å²) < 4.78 is 0. The van der Waals surface area contributed by atoms with Crippen LogP contribution >= 0.6 is 0 Å². The Morgan fingerprint density at radius 1 is 1.33 bits per heavy atom. The first-order valence-electron chi connectivity index (χ1n) is 8.53. The molecule has 3 rings (SSSR count). The second-order valence-corrected chi connectivity index (χ2v) is 6.79. The van der Waals surface area contributed by atoms with Gasteiger partial charge in [0.2, 0.25) is 5.91 Å². The van der Waals surface area contributed by atoms with Crippen molar-refractivity contribution in [1.82, 2.24) is 15.1 Å². The molecule has 5 heteroatoms. The van der Waals surface area contributed by atoms with Crippen LogP contribution < -0.4 is 5.32 Å². The topological polar surface area (TPSA) is 52.7 Å². The highest BCUT2D eigenvalue weighted by Gasteiger charge is 2.49. The predicted octanol–water partition coefficient (Wildman–Crippen LogP) is 1.93. The molecular weight excluding hydrogens is 302 g/mol. The first-order valence-corrected chi connectivity index (χ1v) is 8.53. The number of rotatable bonds is 3. The van der Waals surface area contributed by atoms with E-state index in [0.29, 0.717) is 19.6 Å². The maximum atomic E-state index is 12.7. The molecular formula is C19H25N3O2. The van der Waals surface area contributed by atoms with Gasteiger partial charge < -0.3 is 9.80 Å². The van der Waals surface area contributed by atoms with Gasteiger partial charge in [-0.15, -0.1) is 6.58 Å². The molecule has 128 valence electrons. The maximum absolute atomic E-state index is 12.7. The summed E-state index contributed by atoms with van der Waals surface area (Å²) in [6.07, 6.45) is 3.26. The normalized spacial score (nSPS) is 22.9. The minimum absolute atomic E-state index is 0.0671. The second-order valence-electron chi connectivity index (χ2n) is 6.79. The highest BCUT2D eigenvalue weighted by atomic mass is 16.2. The molecule has 2 aliphatic rings. The summed E-state index contributed by atoms with van der Waals surface area (Å²) in [6, 6.07) is 7.51. The summed E-state index contributed by atoms with van der Waals surface area (Å²) in [5, 5.41) is 3.45. The Hall–Kier alpha value is -2.14. The molecule has 0 radical (unpaired) electrons. The van der Waals surface area contributed by atoms with Crippen LogP contribution in [0.5, 0.6) is 0 Å². The number of carbonyl (C=O) groups is 2. The average Bonchev–Trinajstić information content (AvgIpc) is 2.80. The number of carbonyl (C=O) groups excluding carboxylic acids is 2. The fraction of sp³-hybridized carbons (Fsp3) is 0.474. The van der Waals surface area contributed by atoms with E-state index in [4.69, 9.17) is 0 Å². The Kier molecular flexibility index (Phi) is 4.45. The zero-order valence-electron chi connectivity index (χ0n) is 14.4. The Balaban J connectivity index is 1.71. The molecule has 2 amide bonds. The molecule has 1 atom stereocenters. The van der Waals surface area contributed by atoms with Gasteiger partial charge in [-0.1, -0.05) is 23.8 Å². The monoisotopic (exact) mass is 327 g/mol. The second kappa shape index (κ2) is 6.40. The molecule has 2 heterocycles. The summed E-state index contributed by atoms with van der Waals surface area (Å²) in [4.78, 5) is 28.8. The number of hydrogen-bond donors (Lipinski definition) is 1. The van der Waals surface area contributed by atoms with Crippen LogP contribution in [0.4, 0.5) is 0 Å². The molecule has 1 N–H and O–H groups in total. The largest absolute Gasteiger partial charge is 0.338 e. The number of amides is 2. The average molecular weight is 327 g/mol. The van der Waals surface area contributed by atoms with Crippen molar-refractivity contribution in [3.05, 3.63) is 48.0 Å². The number of hydrogen-bond acceptors (Lipinski definition) is 3. The SMILES string of the molecule is C=CCN1C(=O)C(C)NC12CCN(C(=O)c1ccc(C)cc1)CC2. The summed E-state index contributed by atoms with van der Waals surface area (Å²) in [6.45, 7) is 9.51. The van der Waals surface area contributed by atoms with Crippen LogP contribution in [0.3, 0.4) is 0 Å². The molecule has 2 aliphatic heterocycles. The summed E-state index contributed by atoms with van der Waals surface area (Å²) in [5.41, 5.74) is 1.53. The van der Waals surface area contributed by atoms with Crippen LogP contribution in [0.2, 0.25) is 0 Å². The molecule has 0 saturated carbocycles. The van der Waals surface area contributed by atoms with E-state index in [-0.39, 0.29) is 23.5 Å². The van der Waals surface area contributed by atoms with Crippen LogP contribution in [-0.4, -0.2) is 53.0 Å². The molecule has 1 spiro atoms. The summed E-state index contributed by atoms with van der Waals surface area (Å²) in [7, 11) is 0. The molecule has 2 fully saturated rings. The van der Waals surface area contributed by atoms with Crippen molar-refractivity contribution in [1.29, 1.82) is 0 Å². The van der Waals surface area contributed by atoms with Crippen LogP contribution in [0.15, 0.2) is 36.9 Å². The van der Waals surface area contributed by atoms with Crippen molar-refractivity contribution >= 4 is 11.8 Å². The minimum atomic E-state index is -0.339. The molecule has 0 aliphatic carbocycles. The molecule has 1 aromatic carbocycles. The first kappa shape index (κ1) is 16.7. The van der Waals surface area contributed by atoms with Gasteiger partial charge in [0.25, 0.3) is 5.91 Å². The van der Waals surface area contributed by atoms with E-state index in [1.54, 1.807) is 6.08 Å². The fourth-order valence-electron chi connectivity index (χ4n) is 3.75. The van der Waals surface area contributed by atoms with E-state index < -0.39 is 0 Å². The highest BCUT2D eigenvalue weighted by molar-refractivity contribution is 5.94. The van der Waals surface area contributed by atoms with Crippen molar-refractivity contribution in [3.8, 4) is 0 Å².